The molecule has 0 aliphatic heterocycles. The minimum atomic E-state index is -4.50. The van der Waals surface area contributed by atoms with Gasteiger partial charge >= 0.3 is 12.1 Å². The van der Waals surface area contributed by atoms with Gasteiger partial charge in [0.25, 0.3) is 5.91 Å². The molecule has 0 saturated carbocycles. The van der Waals surface area contributed by atoms with Gasteiger partial charge in [-0.05, 0) is 12.1 Å². The number of rotatable bonds is 5. The van der Waals surface area contributed by atoms with Crippen LogP contribution in [0.15, 0.2) is 24.5 Å². The molecule has 2 heterocycles. The summed E-state index contributed by atoms with van der Waals surface area (Å²) in [7, 11) is 0. The number of hydrogen-bond donors (Lipinski definition) is 2. The molecule has 0 aromatic carbocycles. The van der Waals surface area contributed by atoms with Crippen LogP contribution < -0.4 is 5.32 Å². The maximum atomic E-state index is 12.5. The van der Waals surface area contributed by atoms with E-state index in [9.17, 15) is 22.8 Å². The zero-order valence-electron chi connectivity index (χ0n) is 12.3. The van der Waals surface area contributed by atoms with Crippen LogP contribution in [-0.4, -0.2) is 43.5 Å². The van der Waals surface area contributed by atoms with Crippen LogP contribution in [0, 0.1) is 5.92 Å². The van der Waals surface area contributed by atoms with E-state index in [0.717, 1.165) is 16.8 Å². The van der Waals surface area contributed by atoms with E-state index in [2.05, 4.69) is 20.6 Å². The fourth-order valence-corrected chi connectivity index (χ4v) is 1.59. The number of carboxylic acids is 1. The predicted octanol–water partition coefficient (Wildman–Crippen LogP) is 1.13. The van der Waals surface area contributed by atoms with E-state index in [1.54, 1.807) is 0 Å². The van der Waals surface area contributed by atoms with Crippen molar-refractivity contribution in [3.63, 3.8) is 0 Å². The average Bonchev–Trinajstić information content (AvgIpc) is 3.01. The Morgan fingerprint density at radius 1 is 1.38 bits per heavy atom. The van der Waals surface area contributed by atoms with Crippen LogP contribution in [0.1, 0.15) is 23.0 Å². The molecule has 0 saturated heterocycles. The van der Waals surface area contributed by atoms with Gasteiger partial charge in [-0.2, -0.15) is 13.2 Å². The molecule has 1 atom stereocenters. The van der Waals surface area contributed by atoms with Crippen molar-refractivity contribution in [2.24, 2.45) is 5.92 Å². The van der Waals surface area contributed by atoms with Gasteiger partial charge in [0.1, 0.15) is 0 Å². The second kappa shape index (κ2) is 6.64. The molecular weight excluding hydrogens is 331 g/mol. The monoisotopic (exact) mass is 343 g/mol. The summed E-state index contributed by atoms with van der Waals surface area (Å²) in [6, 6.07) is 1.92. The highest BCUT2D eigenvalue weighted by Gasteiger charge is 2.30. The molecule has 24 heavy (non-hydrogen) atoms. The smallest absolute Gasteiger partial charge is 0.417 e. The Hall–Kier alpha value is -2.98. The van der Waals surface area contributed by atoms with Crippen molar-refractivity contribution in [2.75, 3.05) is 6.54 Å². The number of halogens is 3. The van der Waals surface area contributed by atoms with Crippen LogP contribution in [0.5, 0.6) is 0 Å². The Morgan fingerprint density at radius 2 is 2.08 bits per heavy atom. The van der Waals surface area contributed by atoms with E-state index in [1.165, 1.54) is 13.1 Å². The molecular formula is C13H12F3N5O3. The highest BCUT2D eigenvalue weighted by molar-refractivity contribution is 5.92. The number of amides is 1. The summed E-state index contributed by atoms with van der Waals surface area (Å²) < 4.78 is 38.4. The quantitative estimate of drug-likeness (QED) is 0.842. The van der Waals surface area contributed by atoms with Crippen molar-refractivity contribution in [3.8, 4) is 5.82 Å². The third kappa shape index (κ3) is 4.06. The number of nitrogens with one attached hydrogen (secondary N) is 1. The topological polar surface area (TPSA) is 110 Å². The Balaban J connectivity index is 2.07. The zero-order valence-corrected chi connectivity index (χ0v) is 12.3. The molecule has 0 radical (unpaired) electrons. The van der Waals surface area contributed by atoms with Crippen molar-refractivity contribution < 1.29 is 27.9 Å². The summed E-state index contributed by atoms with van der Waals surface area (Å²) in [4.78, 5) is 26.1. The third-order valence-corrected chi connectivity index (χ3v) is 3.03. The van der Waals surface area contributed by atoms with Gasteiger partial charge in [-0.25, -0.2) is 9.67 Å². The molecule has 0 aliphatic rings. The number of hydrogen-bond acceptors (Lipinski definition) is 5. The second-order valence-corrected chi connectivity index (χ2v) is 4.90. The van der Waals surface area contributed by atoms with E-state index < -0.39 is 29.5 Å². The van der Waals surface area contributed by atoms with Crippen LogP contribution in [-0.2, 0) is 11.0 Å². The lowest BCUT2D eigenvalue weighted by Gasteiger charge is -2.06. The van der Waals surface area contributed by atoms with Crippen molar-refractivity contribution in [2.45, 2.75) is 13.1 Å². The first-order valence-corrected chi connectivity index (χ1v) is 6.65. The molecule has 8 nitrogen and oxygen atoms in total. The highest BCUT2D eigenvalue weighted by Crippen LogP contribution is 2.28. The van der Waals surface area contributed by atoms with E-state index >= 15 is 0 Å². The molecule has 0 bridgehead atoms. The zero-order chi connectivity index (χ0) is 17.9. The highest BCUT2D eigenvalue weighted by atomic mass is 19.4. The van der Waals surface area contributed by atoms with E-state index in [-0.39, 0.29) is 18.1 Å². The van der Waals surface area contributed by atoms with Gasteiger partial charge in [0.15, 0.2) is 11.5 Å². The van der Waals surface area contributed by atoms with Gasteiger partial charge in [0.05, 0.1) is 17.7 Å². The van der Waals surface area contributed by atoms with E-state index in [1.807, 2.05) is 0 Å². The van der Waals surface area contributed by atoms with Gasteiger partial charge in [-0.15, -0.1) is 5.10 Å². The first-order chi connectivity index (χ1) is 11.2. The van der Waals surface area contributed by atoms with Crippen LogP contribution in [0.3, 0.4) is 0 Å². The van der Waals surface area contributed by atoms with Crippen LogP contribution in [0.25, 0.3) is 5.82 Å². The molecule has 0 spiro atoms. The molecule has 11 heteroatoms. The van der Waals surface area contributed by atoms with Gasteiger partial charge in [-0.3, -0.25) is 9.59 Å². The molecule has 128 valence electrons. The molecule has 2 aromatic rings. The van der Waals surface area contributed by atoms with Crippen LogP contribution >= 0.6 is 0 Å². The van der Waals surface area contributed by atoms with Gasteiger partial charge < -0.3 is 10.4 Å². The summed E-state index contributed by atoms with van der Waals surface area (Å²) in [5.41, 5.74) is -1.03. The minimum absolute atomic E-state index is 0.0495. The summed E-state index contributed by atoms with van der Waals surface area (Å²) in [6.07, 6.45) is -2.68. The second-order valence-electron chi connectivity index (χ2n) is 4.90. The van der Waals surface area contributed by atoms with Crippen molar-refractivity contribution in [3.05, 3.63) is 35.8 Å². The summed E-state index contributed by atoms with van der Waals surface area (Å²) >= 11 is 0. The molecule has 1 amide bonds. The van der Waals surface area contributed by atoms with Gasteiger partial charge in [0.2, 0.25) is 0 Å². The number of aromatic nitrogens is 4. The predicted molar refractivity (Wildman–Crippen MR) is 73.3 cm³/mol. The minimum Gasteiger partial charge on any atom is -0.481 e. The molecule has 0 fully saturated rings. The Kier molecular flexibility index (Phi) is 4.81. The van der Waals surface area contributed by atoms with E-state index in [4.69, 9.17) is 5.11 Å². The largest absolute Gasteiger partial charge is 0.481 e. The van der Waals surface area contributed by atoms with Crippen molar-refractivity contribution in [1.82, 2.24) is 25.3 Å². The van der Waals surface area contributed by atoms with Crippen LogP contribution in [0.2, 0.25) is 0 Å². The van der Waals surface area contributed by atoms with Gasteiger partial charge in [0, 0.05) is 12.7 Å². The number of carbonyl (C=O) groups excluding carboxylic acids is 1. The molecule has 2 aromatic heterocycles. The first-order valence-electron chi connectivity index (χ1n) is 6.65. The molecule has 2 N–H and O–H groups in total. The molecule has 0 aliphatic carbocycles. The Morgan fingerprint density at radius 3 is 2.62 bits per heavy atom. The van der Waals surface area contributed by atoms with Crippen molar-refractivity contribution in [1.29, 1.82) is 0 Å². The lowest BCUT2D eigenvalue weighted by molar-refractivity contribution is -0.141. The number of aliphatic carboxylic acids is 1. The summed E-state index contributed by atoms with van der Waals surface area (Å²) in [5.74, 6) is -2.44. The maximum Gasteiger partial charge on any atom is 0.417 e. The maximum absolute atomic E-state index is 12.5. The normalized spacial score (nSPS) is 12.7. The number of alkyl halides is 3. The van der Waals surface area contributed by atoms with Crippen molar-refractivity contribution >= 4 is 11.9 Å². The van der Waals surface area contributed by atoms with Crippen LogP contribution in [0.4, 0.5) is 13.2 Å². The lowest BCUT2D eigenvalue weighted by atomic mass is 10.2. The summed E-state index contributed by atoms with van der Waals surface area (Å²) in [5, 5.41) is 18.3. The molecule has 1 unspecified atom stereocenters. The summed E-state index contributed by atoms with van der Waals surface area (Å²) in [6.45, 7) is 1.32. The number of carboxylic acid groups (broad SMARTS) is 1. The first kappa shape index (κ1) is 17.4. The molecule has 2 rings (SSSR count). The third-order valence-electron chi connectivity index (χ3n) is 3.03. The fraction of sp³-hybridized carbons (Fsp3) is 0.308. The Bertz CT molecular complexity index is 742. The standard InChI is InChI=1S/C13H12F3N5O3/c1-7(12(23)24)4-18-11(22)9-6-21(20-19-9)10-3-2-8(5-17-10)13(14,15)16/h2-3,5-7H,4H2,1H3,(H,18,22)(H,23,24). The SMILES string of the molecule is CC(CNC(=O)c1cn(-c2ccc(C(F)(F)F)cn2)nn1)C(=O)O. The number of nitrogens with zero attached hydrogens (tertiary/aromatic N) is 4. The fourth-order valence-electron chi connectivity index (χ4n) is 1.59. The average molecular weight is 343 g/mol. The van der Waals surface area contributed by atoms with Gasteiger partial charge in [-0.1, -0.05) is 12.1 Å². The lowest BCUT2D eigenvalue weighted by Crippen LogP contribution is -2.31. The number of pyridine rings is 1. The Labute approximate surface area is 133 Å². The number of carbonyl (C=O) groups is 2. The van der Waals surface area contributed by atoms with E-state index in [0.29, 0.717) is 6.20 Å².